The topological polar surface area (TPSA) is 9.86 Å². The Morgan fingerprint density at radius 3 is 1.89 bits per heavy atom. The summed E-state index contributed by atoms with van der Waals surface area (Å²) in [6.45, 7) is 4.75. The van der Waals surface area contributed by atoms with E-state index in [4.69, 9.17) is 0 Å². The van der Waals surface area contributed by atoms with Gasteiger partial charge in [0.05, 0.1) is 33.2 Å². The Labute approximate surface area is 323 Å². The van der Waals surface area contributed by atoms with Crippen molar-refractivity contribution >= 4 is 55.4 Å². The average Bonchev–Trinajstić information content (AvgIpc) is 3.82. The first-order chi connectivity index (χ1) is 27.0. The normalized spacial score (nSPS) is 17.1. The highest BCUT2D eigenvalue weighted by molar-refractivity contribution is 7.99. The van der Waals surface area contributed by atoms with Crippen LogP contribution in [0.2, 0.25) is 0 Å². The molecule has 0 amide bonds. The van der Waals surface area contributed by atoms with Crippen molar-refractivity contribution in [3.05, 3.63) is 203 Å². The van der Waals surface area contributed by atoms with Crippen molar-refractivity contribution in [3.8, 4) is 22.5 Å². The fourth-order valence-corrected chi connectivity index (χ4v) is 12.1. The third kappa shape index (κ3) is 3.54. The Balaban J connectivity index is 1.15. The van der Waals surface area contributed by atoms with Crippen LogP contribution in [0.3, 0.4) is 0 Å². The molecule has 258 valence electrons. The zero-order valence-corrected chi connectivity index (χ0v) is 31.3. The maximum atomic E-state index is 2.56. The van der Waals surface area contributed by atoms with E-state index in [-0.39, 0.29) is 5.41 Å². The van der Waals surface area contributed by atoms with Gasteiger partial charge in [-0.3, -0.25) is 0 Å². The summed E-state index contributed by atoms with van der Waals surface area (Å²) in [6, 6.07) is 64.4. The lowest BCUT2D eigenvalue weighted by Crippen LogP contribution is -2.37. The SMILES string of the molecule is CC1(C)c2ccccc2-c2ccc(-n3c4ccccc4c4cc5c(cc43)Sc3ccccc3[C@@]53c4ccccc4-n4c5ccccc5c5cccc3c54)cc21. The van der Waals surface area contributed by atoms with E-state index in [9.17, 15) is 0 Å². The molecule has 0 N–H and O–H groups in total. The van der Waals surface area contributed by atoms with Crippen LogP contribution in [0.1, 0.15) is 47.2 Å². The van der Waals surface area contributed by atoms with Gasteiger partial charge in [-0.2, -0.15) is 0 Å². The molecule has 0 radical (unpaired) electrons. The zero-order valence-electron chi connectivity index (χ0n) is 30.5. The van der Waals surface area contributed by atoms with Gasteiger partial charge in [0.1, 0.15) is 0 Å². The van der Waals surface area contributed by atoms with Gasteiger partial charge in [0, 0.05) is 42.4 Å². The molecule has 3 aliphatic rings. The fraction of sp³-hybridized carbons (Fsp3) is 0.0769. The monoisotopic (exact) mass is 718 g/mol. The predicted molar refractivity (Wildman–Crippen MR) is 229 cm³/mol. The third-order valence-electron chi connectivity index (χ3n) is 13.2. The lowest BCUT2D eigenvalue weighted by molar-refractivity contribution is 0.660. The van der Waals surface area contributed by atoms with Crippen molar-refractivity contribution < 1.29 is 0 Å². The molecular weight excluding hydrogens is 685 g/mol. The minimum atomic E-state index is -0.515. The molecular formula is C52H34N2S. The van der Waals surface area contributed by atoms with Crippen molar-refractivity contribution in [2.75, 3.05) is 0 Å². The number of benzene rings is 8. The summed E-state index contributed by atoms with van der Waals surface area (Å²) in [6.07, 6.45) is 0. The molecule has 10 aromatic rings. The average molecular weight is 719 g/mol. The van der Waals surface area contributed by atoms with Crippen molar-refractivity contribution in [1.82, 2.24) is 9.13 Å². The van der Waals surface area contributed by atoms with Crippen molar-refractivity contribution in [2.45, 2.75) is 34.5 Å². The highest BCUT2D eigenvalue weighted by Crippen LogP contribution is 2.61. The molecule has 1 spiro atoms. The fourth-order valence-electron chi connectivity index (χ4n) is 10.9. The first-order valence-corrected chi connectivity index (χ1v) is 20.1. The number of para-hydroxylation sites is 4. The van der Waals surface area contributed by atoms with Gasteiger partial charge in [-0.1, -0.05) is 147 Å². The van der Waals surface area contributed by atoms with E-state index >= 15 is 0 Å². The van der Waals surface area contributed by atoms with Crippen LogP contribution in [0.5, 0.6) is 0 Å². The summed E-state index contributed by atoms with van der Waals surface area (Å²) in [5, 5.41) is 5.16. The van der Waals surface area contributed by atoms with Crippen molar-refractivity contribution in [3.63, 3.8) is 0 Å². The zero-order chi connectivity index (χ0) is 36.2. The second-order valence-electron chi connectivity index (χ2n) is 16.0. The van der Waals surface area contributed by atoms with Crippen LogP contribution >= 0.6 is 11.8 Å². The summed E-state index contributed by atoms with van der Waals surface area (Å²) in [7, 11) is 0. The lowest BCUT2D eigenvalue weighted by atomic mass is 9.62. The molecule has 2 aliphatic heterocycles. The van der Waals surface area contributed by atoms with E-state index in [1.807, 2.05) is 11.8 Å². The number of fused-ring (bicyclic) bond motifs is 17. The molecule has 1 atom stereocenters. The van der Waals surface area contributed by atoms with E-state index in [0.717, 1.165) is 0 Å². The van der Waals surface area contributed by atoms with Gasteiger partial charge in [-0.25, -0.2) is 0 Å². The molecule has 0 fully saturated rings. The number of nitrogens with zero attached hydrogens (tertiary/aromatic N) is 2. The summed E-state index contributed by atoms with van der Waals surface area (Å²) in [5.74, 6) is 0. The van der Waals surface area contributed by atoms with E-state index in [0.29, 0.717) is 0 Å². The summed E-state index contributed by atoms with van der Waals surface area (Å²) in [4.78, 5) is 2.62. The van der Waals surface area contributed by atoms with Crippen LogP contribution in [0.4, 0.5) is 0 Å². The molecule has 1 aliphatic carbocycles. The summed E-state index contributed by atoms with van der Waals surface area (Å²) >= 11 is 1.92. The van der Waals surface area contributed by atoms with Gasteiger partial charge in [-0.05, 0) is 93.0 Å². The predicted octanol–water partition coefficient (Wildman–Crippen LogP) is 13.3. The molecule has 13 rings (SSSR count). The molecule has 0 saturated carbocycles. The Bertz CT molecular complexity index is 3340. The molecule has 0 unspecified atom stereocenters. The number of hydrogen-bond acceptors (Lipinski definition) is 1. The van der Waals surface area contributed by atoms with Gasteiger partial charge in [0.15, 0.2) is 0 Å². The van der Waals surface area contributed by atoms with Crippen LogP contribution in [-0.2, 0) is 10.8 Å². The molecule has 8 aromatic carbocycles. The second-order valence-corrected chi connectivity index (χ2v) is 17.1. The Hall–Kier alpha value is -6.29. The number of hydrogen-bond donors (Lipinski definition) is 0. The van der Waals surface area contributed by atoms with Crippen molar-refractivity contribution in [1.29, 1.82) is 0 Å². The summed E-state index contributed by atoms with van der Waals surface area (Å²) < 4.78 is 5.05. The largest absolute Gasteiger partial charge is 0.309 e. The quantitative estimate of drug-likeness (QED) is 0.164. The number of rotatable bonds is 1. The first kappa shape index (κ1) is 30.1. The van der Waals surface area contributed by atoms with Crippen LogP contribution < -0.4 is 0 Å². The molecule has 55 heavy (non-hydrogen) atoms. The highest BCUT2D eigenvalue weighted by Gasteiger charge is 2.49. The van der Waals surface area contributed by atoms with E-state index in [1.165, 1.54) is 109 Å². The van der Waals surface area contributed by atoms with Crippen LogP contribution in [0.15, 0.2) is 180 Å². The molecule has 0 saturated heterocycles. The van der Waals surface area contributed by atoms with Crippen LogP contribution in [0.25, 0.3) is 66.1 Å². The summed E-state index contributed by atoms with van der Waals surface area (Å²) in [5.41, 5.74) is 17.8. The first-order valence-electron chi connectivity index (χ1n) is 19.3. The van der Waals surface area contributed by atoms with Gasteiger partial charge < -0.3 is 9.13 Å². The molecule has 4 heterocycles. The molecule has 2 aromatic heterocycles. The van der Waals surface area contributed by atoms with E-state index in [1.54, 1.807) is 0 Å². The molecule has 0 bridgehead atoms. The van der Waals surface area contributed by atoms with Gasteiger partial charge in [0.2, 0.25) is 0 Å². The number of aromatic nitrogens is 2. The minimum absolute atomic E-state index is 0.0797. The van der Waals surface area contributed by atoms with Gasteiger partial charge in [-0.15, -0.1) is 0 Å². The molecule has 3 heteroatoms. The maximum absolute atomic E-state index is 2.56. The Morgan fingerprint density at radius 1 is 0.400 bits per heavy atom. The molecule has 2 nitrogen and oxygen atoms in total. The Morgan fingerprint density at radius 2 is 1.04 bits per heavy atom. The lowest BCUT2D eigenvalue weighted by Gasteiger charge is -2.45. The van der Waals surface area contributed by atoms with Gasteiger partial charge in [0.25, 0.3) is 0 Å². The second kappa shape index (κ2) is 10.3. The smallest absolute Gasteiger partial charge is 0.0764 e. The van der Waals surface area contributed by atoms with E-state index in [2.05, 4.69) is 193 Å². The third-order valence-corrected chi connectivity index (χ3v) is 14.3. The highest BCUT2D eigenvalue weighted by atomic mass is 32.2. The van der Waals surface area contributed by atoms with Crippen molar-refractivity contribution in [2.24, 2.45) is 0 Å². The maximum Gasteiger partial charge on any atom is 0.0764 e. The van der Waals surface area contributed by atoms with Crippen LogP contribution in [0, 0.1) is 0 Å². The Kier molecular flexibility index (Phi) is 5.61. The van der Waals surface area contributed by atoms with E-state index < -0.39 is 5.41 Å². The van der Waals surface area contributed by atoms with Gasteiger partial charge >= 0.3 is 0 Å². The standard InChI is InChI=1S/C52H34N2S/c1-51(2)38-18-6-3-14-32(38)33-27-26-31(28-42(33)51)53-44-22-9-5-16-35(44)37-29-43-49(30-47(37)53)55-48-25-12-8-20-40(48)52(43)39-19-7-11-24-46(39)54-45-23-10-4-15-34(45)36-17-13-21-41(52)50(36)54/h3-30H,1-2H3/t52-/m1/s1. The van der Waals surface area contributed by atoms with Crippen LogP contribution in [-0.4, -0.2) is 9.13 Å². The minimum Gasteiger partial charge on any atom is -0.309 e.